The molecule has 6 aliphatic rings. The third-order valence-corrected chi connectivity index (χ3v) is 13.7. The third kappa shape index (κ3) is 9.33. The maximum absolute atomic E-state index is 14.9. The minimum Gasteiger partial charge on any atom is -0.450 e. The van der Waals surface area contributed by atoms with Gasteiger partial charge < -0.3 is 25.0 Å². The molecule has 6 atom stereocenters. The highest BCUT2D eigenvalue weighted by atomic mass is 32.2. The van der Waals surface area contributed by atoms with E-state index in [0.717, 1.165) is 80.9 Å². The van der Waals surface area contributed by atoms with Gasteiger partial charge in [0.15, 0.2) is 0 Å². The molecule has 12 heteroatoms. The molecule has 0 spiro atoms. The van der Waals surface area contributed by atoms with E-state index in [0.29, 0.717) is 18.8 Å². The number of fused-ring (bicyclic) bond motifs is 15. The number of methoxy groups -OCH3 is 1. The second-order valence-corrected chi connectivity index (χ2v) is 19.0. The summed E-state index contributed by atoms with van der Waals surface area (Å²) in [5.41, 5.74) is 1.20. The fourth-order valence-electron chi connectivity index (χ4n) is 8.62. The highest BCUT2D eigenvalue weighted by molar-refractivity contribution is 7.84. The molecular formula is C44H62N4O7S. The van der Waals surface area contributed by atoms with Crippen LogP contribution >= 0.6 is 0 Å². The van der Waals surface area contributed by atoms with E-state index in [1.807, 2.05) is 39.0 Å². The van der Waals surface area contributed by atoms with Crippen LogP contribution in [0, 0.1) is 17.3 Å². The smallest absolute Gasteiger partial charge is 0.407 e. The van der Waals surface area contributed by atoms with Gasteiger partial charge in [-0.25, -0.2) is 9.00 Å². The Morgan fingerprint density at radius 2 is 1.75 bits per heavy atom. The number of nitrogens with zero attached hydrogens (tertiary/aromatic N) is 1. The van der Waals surface area contributed by atoms with Crippen molar-refractivity contribution in [1.29, 1.82) is 0 Å². The summed E-state index contributed by atoms with van der Waals surface area (Å²) >= 11 is 0. The minimum absolute atomic E-state index is 0.0381. The van der Waals surface area contributed by atoms with Crippen molar-refractivity contribution in [3.8, 4) is 0 Å². The van der Waals surface area contributed by atoms with Gasteiger partial charge in [0.25, 0.3) is 5.91 Å². The van der Waals surface area contributed by atoms with Crippen molar-refractivity contribution < 1.29 is 32.9 Å². The number of hydrogen-bond acceptors (Lipinski definition) is 7. The van der Waals surface area contributed by atoms with E-state index in [2.05, 4.69) is 53.1 Å². The maximum atomic E-state index is 14.9. The van der Waals surface area contributed by atoms with Crippen LogP contribution in [-0.2, 0) is 40.4 Å². The number of amides is 4. The Morgan fingerprint density at radius 1 is 1.05 bits per heavy atom. The lowest BCUT2D eigenvalue weighted by atomic mass is 9.85. The molecule has 6 unspecified atom stereocenters. The average molecular weight is 791 g/mol. The molecular weight excluding hydrogens is 729 g/mol. The minimum atomic E-state index is -1.51. The first-order valence-electron chi connectivity index (χ1n) is 20.7. The molecule has 1 saturated heterocycles. The Labute approximate surface area is 335 Å². The number of rotatable bonds is 9. The van der Waals surface area contributed by atoms with Crippen molar-refractivity contribution in [1.82, 2.24) is 20.3 Å². The third-order valence-electron chi connectivity index (χ3n) is 12.3. The van der Waals surface area contributed by atoms with E-state index in [9.17, 15) is 23.4 Å². The van der Waals surface area contributed by atoms with Crippen molar-refractivity contribution in [2.24, 2.45) is 17.3 Å². The molecule has 11 nitrogen and oxygen atoms in total. The van der Waals surface area contributed by atoms with Crippen LogP contribution in [0.1, 0.15) is 122 Å². The van der Waals surface area contributed by atoms with E-state index in [-0.39, 0.29) is 30.7 Å². The Morgan fingerprint density at radius 3 is 2.38 bits per heavy atom. The normalized spacial score (nSPS) is 31.2. The highest BCUT2D eigenvalue weighted by Gasteiger charge is 2.67. The lowest BCUT2D eigenvalue weighted by Crippen LogP contribution is -2.60. The Hall–Kier alpha value is -3.77. The Bertz CT molecular complexity index is 1740. The first kappa shape index (κ1) is 41.9. The van der Waals surface area contributed by atoms with Gasteiger partial charge in [-0.15, -0.1) is 0 Å². The van der Waals surface area contributed by atoms with Crippen molar-refractivity contribution in [3.63, 3.8) is 0 Å². The number of benzene rings is 1. The van der Waals surface area contributed by atoms with Crippen LogP contribution in [0.4, 0.5) is 4.79 Å². The number of allylic oxidation sites excluding steroid dienone is 5. The molecule has 7 rings (SSSR count). The van der Waals surface area contributed by atoms with Crippen molar-refractivity contribution in [2.75, 3.05) is 20.3 Å². The Kier molecular flexibility index (Phi) is 13.0. The number of carbonyl (C=O) groups excluding carboxylic acids is 4. The summed E-state index contributed by atoms with van der Waals surface area (Å²) in [6, 6.07) is 6.09. The van der Waals surface area contributed by atoms with Crippen LogP contribution in [0.25, 0.3) is 5.57 Å². The van der Waals surface area contributed by atoms with E-state index >= 15 is 0 Å². The second kappa shape index (κ2) is 17.4. The monoisotopic (exact) mass is 790 g/mol. The molecule has 4 amide bonds. The van der Waals surface area contributed by atoms with Gasteiger partial charge >= 0.3 is 6.09 Å². The molecule has 56 heavy (non-hydrogen) atoms. The second-order valence-electron chi connectivity index (χ2n) is 17.5. The maximum Gasteiger partial charge on any atom is 0.407 e. The van der Waals surface area contributed by atoms with Crippen LogP contribution in [0.2, 0.25) is 0 Å². The topological polar surface area (TPSA) is 143 Å². The molecule has 0 radical (unpaired) electrons. The average Bonchev–Trinajstić information content (AvgIpc) is 4.05. The first-order chi connectivity index (χ1) is 26.8. The molecule has 0 aromatic heterocycles. The SMILES string of the molecule is C=CC=C1C(=CCC)CCCCCCCOC(=O)NC(C(C)(C)C)C(=O)N2CC(OC)(CC2C(=O)NC2(C(=O)NS(=O)C3CC3)CC2C2CC2)c2ccc1cc2. The number of ether oxygens (including phenoxy) is 2. The number of alkyl carbamates (subject to hydrolysis) is 1. The molecule has 4 fully saturated rings. The summed E-state index contributed by atoms with van der Waals surface area (Å²) < 4.78 is 27.5. The van der Waals surface area contributed by atoms with Crippen LogP contribution < -0.4 is 15.4 Å². The molecule has 3 heterocycles. The zero-order valence-electron chi connectivity index (χ0n) is 34.0. The van der Waals surface area contributed by atoms with E-state index in [4.69, 9.17) is 9.47 Å². The van der Waals surface area contributed by atoms with Gasteiger partial charge in [0.1, 0.15) is 34.2 Å². The quantitative estimate of drug-likeness (QED) is 0.251. The van der Waals surface area contributed by atoms with E-state index in [1.54, 1.807) is 7.11 Å². The molecule has 1 aromatic rings. The van der Waals surface area contributed by atoms with Gasteiger partial charge in [0.05, 0.1) is 18.4 Å². The van der Waals surface area contributed by atoms with Gasteiger partial charge in [-0.2, -0.15) is 0 Å². The van der Waals surface area contributed by atoms with Gasteiger partial charge in [-0.1, -0.05) is 96.0 Å². The van der Waals surface area contributed by atoms with Gasteiger partial charge in [0.2, 0.25) is 11.8 Å². The lowest BCUT2D eigenvalue weighted by molar-refractivity contribution is -0.143. The molecule has 4 bridgehead atoms. The predicted molar refractivity (Wildman–Crippen MR) is 218 cm³/mol. The zero-order valence-corrected chi connectivity index (χ0v) is 34.8. The summed E-state index contributed by atoms with van der Waals surface area (Å²) in [7, 11) is 0.0795. The fourth-order valence-corrected chi connectivity index (χ4v) is 9.72. The number of hydrogen-bond donors (Lipinski definition) is 3. The summed E-state index contributed by atoms with van der Waals surface area (Å²) in [4.78, 5) is 58.1. The molecule has 3 aliphatic heterocycles. The largest absolute Gasteiger partial charge is 0.450 e. The van der Waals surface area contributed by atoms with Crippen molar-refractivity contribution in [3.05, 3.63) is 65.8 Å². The summed E-state index contributed by atoms with van der Waals surface area (Å²) in [5.74, 6) is -1.08. The van der Waals surface area contributed by atoms with Crippen LogP contribution in [0.5, 0.6) is 0 Å². The summed E-state index contributed by atoms with van der Waals surface area (Å²) in [6.45, 7) is 12.0. The highest BCUT2D eigenvalue weighted by Crippen LogP contribution is 2.57. The van der Waals surface area contributed by atoms with Gasteiger partial charge in [-0.3, -0.25) is 19.1 Å². The van der Waals surface area contributed by atoms with Gasteiger partial charge in [-0.05, 0) is 97.3 Å². The van der Waals surface area contributed by atoms with E-state index < -0.39 is 63.4 Å². The van der Waals surface area contributed by atoms with Crippen LogP contribution in [0.3, 0.4) is 0 Å². The summed E-state index contributed by atoms with van der Waals surface area (Å²) in [6.07, 6.45) is 16.2. The number of nitrogens with one attached hydrogen (secondary N) is 3. The molecule has 3 N–H and O–H groups in total. The van der Waals surface area contributed by atoms with Crippen molar-refractivity contribution >= 4 is 40.4 Å². The standard InChI is InChI=1S/C44H62N4O7S/c1-7-14-29-16-12-10-9-11-13-25-55-41(52)45-37(42(3,4)5)39(50)48-28-43(54-6,32-21-19-30(20-22-32)34(29)15-8-2)27-36(48)38(49)46-44(26-35(44)31-17-18-31)40(51)47-56(53)33-23-24-33/h8,14-15,19-22,31,33,35-37H,2,7,9-13,16-18,23-28H2,1,3-6H3,(H,45,52)(H,46,49)(H,47,51). The molecule has 306 valence electrons. The van der Waals surface area contributed by atoms with Crippen molar-refractivity contribution in [2.45, 2.75) is 140 Å². The predicted octanol–water partition coefficient (Wildman–Crippen LogP) is 6.76. The zero-order chi connectivity index (χ0) is 40.3. The van der Waals surface area contributed by atoms with Crippen LogP contribution in [-0.4, -0.2) is 76.1 Å². The lowest BCUT2D eigenvalue weighted by Gasteiger charge is -2.36. The fraction of sp³-hybridized carbons (Fsp3) is 0.636. The first-order valence-corrected chi connectivity index (χ1v) is 21.9. The molecule has 1 aromatic carbocycles. The van der Waals surface area contributed by atoms with E-state index in [1.165, 1.54) is 10.5 Å². The summed E-state index contributed by atoms with van der Waals surface area (Å²) in [5, 5.41) is 5.90. The molecule has 3 aliphatic carbocycles. The molecule has 3 saturated carbocycles. The Balaban J connectivity index is 1.37. The van der Waals surface area contributed by atoms with Crippen LogP contribution in [0.15, 0.2) is 54.6 Å². The number of carbonyl (C=O) groups is 4. The van der Waals surface area contributed by atoms with Gasteiger partial charge in [0, 0.05) is 13.5 Å².